The summed E-state index contributed by atoms with van der Waals surface area (Å²) >= 11 is 7.77. The molecule has 1 aromatic carbocycles. The second-order valence-electron chi connectivity index (χ2n) is 6.91. The van der Waals surface area contributed by atoms with Gasteiger partial charge in [-0.1, -0.05) is 11.6 Å². The summed E-state index contributed by atoms with van der Waals surface area (Å²) in [4.78, 5) is 23.3. The predicted octanol–water partition coefficient (Wildman–Crippen LogP) is 4.48. The molecule has 3 aromatic rings. The van der Waals surface area contributed by atoms with E-state index in [1.807, 2.05) is 6.07 Å². The molecule has 0 N–H and O–H groups in total. The van der Waals surface area contributed by atoms with Gasteiger partial charge in [-0.3, -0.25) is 4.79 Å². The molecule has 0 aliphatic carbocycles. The lowest BCUT2D eigenvalue weighted by molar-refractivity contribution is -0.144. The average molecular weight is 456 g/mol. The third-order valence-corrected chi connectivity index (χ3v) is 6.25. The van der Waals surface area contributed by atoms with Gasteiger partial charge < -0.3 is 4.90 Å². The number of thioether (sulfide) groups is 1. The zero-order valence-electron chi connectivity index (χ0n) is 16.1. The van der Waals surface area contributed by atoms with Crippen LogP contribution in [0.2, 0.25) is 5.02 Å². The van der Waals surface area contributed by atoms with Gasteiger partial charge in [-0.2, -0.15) is 18.2 Å². The molecule has 1 aliphatic rings. The predicted molar refractivity (Wildman–Crippen MR) is 108 cm³/mol. The summed E-state index contributed by atoms with van der Waals surface area (Å²) in [7, 11) is 0. The zero-order chi connectivity index (χ0) is 21.6. The van der Waals surface area contributed by atoms with Crippen LogP contribution in [-0.4, -0.2) is 37.8 Å². The van der Waals surface area contributed by atoms with Crippen molar-refractivity contribution in [1.29, 1.82) is 0 Å². The molecule has 0 saturated heterocycles. The molecule has 0 unspecified atom stereocenters. The molecule has 0 spiro atoms. The fraction of sp³-hybridized carbons (Fsp3) is 0.368. The molecule has 0 saturated carbocycles. The van der Waals surface area contributed by atoms with Crippen LogP contribution in [0.4, 0.5) is 18.9 Å². The minimum Gasteiger partial charge on any atom is -0.310 e. The largest absolute Gasteiger partial charge is 0.453 e. The standard InChI is InChI=1S/C19H17ClF3N5OS/c1-10-13(11(2)28-18(24-10)25-17(26-28)19(21,22)23)4-6-16(29)27-7-8-30-15-5-3-12(20)9-14(15)27/h3,5,9H,4,6-8H2,1-2H3. The Bertz CT molecular complexity index is 1150. The van der Waals surface area contributed by atoms with E-state index in [1.165, 1.54) is 0 Å². The highest BCUT2D eigenvalue weighted by molar-refractivity contribution is 7.99. The Balaban J connectivity index is 1.58. The Hall–Kier alpha value is -2.33. The monoisotopic (exact) mass is 455 g/mol. The van der Waals surface area contributed by atoms with E-state index in [2.05, 4.69) is 15.1 Å². The lowest BCUT2D eigenvalue weighted by atomic mass is 10.1. The van der Waals surface area contributed by atoms with Crippen molar-refractivity contribution in [3.63, 3.8) is 0 Å². The van der Waals surface area contributed by atoms with Crippen molar-refractivity contribution in [1.82, 2.24) is 19.6 Å². The summed E-state index contributed by atoms with van der Waals surface area (Å²) in [6.45, 7) is 3.93. The Kier molecular flexibility index (Phi) is 5.39. The van der Waals surface area contributed by atoms with E-state index >= 15 is 0 Å². The number of hydrogen-bond donors (Lipinski definition) is 0. The van der Waals surface area contributed by atoms with E-state index < -0.39 is 12.0 Å². The van der Waals surface area contributed by atoms with Gasteiger partial charge in [0.15, 0.2) is 0 Å². The van der Waals surface area contributed by atoms with E-state index in [-0.39, 0.29) is 18.1 Å². The number of rotatable bonds is 3. The first-order valence-corrected chi connectivity index (χ1v) is 10.5. The van der Waals surface area contributed by atoms with Crippen LogP contribution in [0.1, 0.15) is 29.2 Å². The number of hydrogen-bond acceptors (Lipinski definition) is 5. The quantitative estimate of drug-likeness (QED) is 0.582. The summed E-state index contributed by atoms with van der Waals surface area (Å²) in [5.41, 5.74) is 2.50. The van der Waals surface area contributed by atoms with Gasteiger partial charge in [0.2, 0.25) is 5.91 Å². The van der Waals surface area contributed by atoms with Crippen molar-refractivity contribution in [2.45, 2.75) is 37.8 Å². The van der Waals surface area contributed by atoms with Crippen LogP contribution < -0.4 is 4.90 Å². The first-order chi connectivity index (χ1) is 14.1. The Morgan fingerprint density at radius 1 is 1.27 bits per heavy atom. The van der Waals surface area contributed by atoms with E-state index in [0.29, 0.717) is 34.9 Å². The number of fused-ring (bicyclic) bond motifs is 2. The maximum atomic E-state index is 12.9. The molecule has 0 fully saturated rings. The normalized spacial score (nSPS) is 14.3. The summed E-state index contributed by atoms with van der Waals surface area (Å²) in [5.74, 6) is -0.633. The summed E-state index contributed by atoms with van der Waals surface area (Å²) < 4.78 is 39.9. The van der Waals surface area contributed by atoms with Crippen LogP contribution in [0.5, 0.6) is 0 Å². The molecule has 0 radical (unpaired) electrons. The lowest BCUT2D eigenvalue weighted by Crippen LogP contribution is -2.35. The Morgan fingerprint density at radius 2 is 2.03 bits per heavy atom. The molecule has 6 nitrogen and oxygen atoms in total. The highest BCUT2D eigenvalue weighted by Crippen LogP contribution is 2.37. The first kappa shape index (κ1) is 20.9. The molecule has 4 rings (SSSR count). The van der Waals surface area contributed by atoms with E-state index in [0.717, 1.165) is 20.9 Å². The third kappa shape index (κ3) is 3.85. The summed E-state index contributed by atoms with van der Waals surface area (Å²) in [5, 5.41) is 4.10. The first-order valence-electron chi connectivity index (χ1n) is 9.18. The van der Waals surface area contributed by atoms with Crippen LogP contribution in [0.25, 0.3) is 5.78 Å². The highest BCUT2D eigenvalue weighted by atomic mass is 35.5. The molecule has 158 valence electrons. The number of halogens is 4. The van der Waals surface area contributed by atoms with Gasteiger partial charge in [-0.25, -0.2) is 9.50 Å². The van der Waals surface area contributed by atoms with Crippen molar-refractivity contribution in [3.8, 4) is 0 Å². The Labute approximate surface area is 179 Å². The molecule has 0 bridgehead atoms. The van der Waals surface area contributed by atoms with Gasteiger partial charge in [-0.15, -0.1) is 16.9 Å². The van der Waals surface area contributed by atoms with Crippen LogP contribution in [-0.2, 0) is 17.4 Å². The van der Waals surface area contributed by atoms with Gasteiger partial charge in [0.05, 0.1) is 5.69 Å². The minimum atomic E-state index is -4.65. The number of aromatic nitrogens is 4. The SMILES string of the molecule is Cc1nc2nc(C(F)(F)F)nn2c(C)c1CCC(=O)N1CCSc2ccc(Cl)cc21. The number of nitrogens with zero attached hydrogens (tertiary/aromatic N) is 5. The second kappa shape index (κ2) is 7.73. The molecular formula is C19H17ClF3N5OS. The number of benzene rings is 1. The molecule has 3 heterocycles. The number of amides is 1. The van der Waals surface area contributed by atoms with Crippen molar-refractivity contribution < 1.29 is 18.0 Å². The summed E-state index contributed by atoms with van der Waals surface area (Å²) in [6, 6.07) is 5.47. The second-order valence-corrected chi connectivity index (χ2v) is 8.49. The number of alkyl halides is 3. The molecule has 1 amide bonds. The average Bonchev–Trinajstić information content (AvgIpc) is 3.11. The van der Waals surface area contributed by atoms with E-state index in [9.17, 15) is 18.0 Å². The molecule has 30 heavy (non-hydrogen) atoms. The van der Waals surface area contributed by atoms with Crippen LogP contribution >= 0.6 is 23.4 Å². The minimum absolute atomic E-state index is 0.0766. The smallest absolute Gasteiger partial charge is 0.310 e. The topological polar surface area (TPSA) is 63.4 Å². The molecule has 0 atom stereocenters. The molecule has 2 aromatic heterocycles. The van der Waals surface area contributed by atoms with Crippen molar-refractivity contribution >= 4 is 40.7 Å². The van der Waals surface area contributed by atoms with Crippen molar-refractivity contribution in [3.05, 3.63) is 46.0 Å². The fourth-order valence-electron chi connectivity index (χ4n) is 3.51. The van der Waals surface area contributed by atoms with Crippen molar-refractivity contribution in [2.24, 2.45) is 0 Å². The van der Waals surface area contributed by atoms with Gasteiger partial charge in [0.25, 0.3) is 11.6 Å². The number of carbonyl (C=O) groups is 1. The maximum Gasteiger partial charge on any atom is 0.453 e. The van der Waals surface area contributed by atoms with Gasteiger partial charge in [-0.05, 0) is 44.0 Å². The van der Waals surface area contributed by atoms with Gasteiger partial charge in [0, 0.05) is 40.0 Å². The van der Waals surface area contributed by atoms with Gasteiger partial charge >= 0.3 is 6.18 Å². The van der Waals surface area contributed by atoms with E-state index in [1.54, 1.807) is 42.6 Å². The summed E-state index contributed by atoms with van der Waals surface area (Å²) in [6.07, 6.45) is -4.13. The van der Waals surface area contributed by atoms with Crippen molar-refractivity contribution in [2.75, 3.05) is 17.2 Å². The number of anilines is 1. The molecule has 11 heteroatoms. The van der Waals surface area contributed by atoms with Gasteiger partial charge in [0.1, 0.15) is 0 Å². The molecular weight excluding hydrogens is 439 g/mol. The van der Waals surface area contributed by atoms with E-state index in [4.69, 9.17) is 11.6 Å². The highest BCUT2D eigenvalue weighted by Gasteiger charge is 2.37. The molecule has 1 aliphatic heterocycles. The Morgan fingerprint density at radius 3 is 2.77 bits per heavy atom. The van der Waals surface area contributed by atoms with Crippen LogP contribution in [0, 0.1) is 13.8 Å². The van der Waals surface area contributed by atoms with Crippen LogP contribution in [0.15, 0.2) is 23.1 Å². The van der Waals surface area contributed by atoms with Crippen LogP contribution in [0.3, 0.4) is 0 Å². The fourth-order valence-corrected chi connectivity index (χ4v) is 4.65. The third-order valence-electron chi connectivity index (χ3n) is 4.98. The zero-order valence-corrected chi connectivity index (χ0v) is 17.7. The number of carbonyl (C=O) groups excluding carboxylic acids is 1. The number of aryl methyl sites for hydroxylation is 2. The maximum absolute atomic E-state index is 12.9. The lowest BCUT2D eigenvalue weighted by Gasteiger charge is -2.29.